The van der Waals surface area contributed by atoms with E-state index in [1.165, 1.54) is 19.3 Å². The van der Waals surface area contributed by atoms with Gasteiger partial charge in [0.15, 0.2) is 0 Å². The van der Waals surface area contributed by atoms with Gasteiger partial charge in [-0.1, -0.05) is 31.4 Å². The number of nitrogens with two attached hydrogens (primary N) is 1. The summed E-state index contributed by atoms with van der Waals surface area (Å²) in [6, 6.07) is 7.81. The molecule has 2 aliphatic rings. The van der Waals surface area contributed by atoms with Gasteiger partial charge in [-0.05, 0) is 48.9 Å². The number of benzene rings is 1. The summed E-state index contributed by atoms with van der Waals surface area (Å²) in [5, 5.41) is 3.00. The maximum atomic E-state index is 12.4. The minimum absolute atomic E-state index is 0.0155. The van der Waals surface area contributed by atoms with Crippen molar-refractivity contribution in [2.45, 2.75) is 57.9 Å². The first kappa shape index (κ1) is 17.9. The molecule has 1 aliphatic heterocycles. The molecule has 136 valence electrons. The highest BCUT2D eigenvalue weighted by Crippen LogP contribution is 2.38. The van der Waals surface area contributed by atoms with E-state index in [4.69, 9.17) is 5.73 Å². The molecular formula is C20H29N3O2. The third kappa shape index (κ3) is 4.60. The van der Waals surface area contributed by atoms with Crippen LogP contribution in [0, 0.1) is 5.41 Å². The van der Waals surface area contributed by atoms with Gasteiger partial charge in [-0.25, -0.2) is 0 Å². The van der Waals surface area contributed by atoms with E-state index in [1.54, 1.807) is 0 Å². The SMILES string of the molecule is NCC1(CC(=O)Nc2ccc(CN3CCCC3=O)cc2)CCCCC1. The van der Waals surface area contributed by atoms with Crippen molar-refractivity contribution >= 4 is 17.5 Å². The summed E-state index contributed by atoms with van der Waals surface area (Å²) in [5.41, 5.74) is 7.87. The second-order valence-corrected chi connectivity index (χ2v) is 7.61. The first-order valence-electron chi connectivity index (χ1n) is 9.47. The Morgan fingerprint density at radius 3 is 2.44 bits per heavy atom. The van der Waals surface area contributed by atoms with Gasteiger partial charge in [-0.2, -0.15) is 0 Å². The molecule has 3 N–H and O–H groups in total. The van der Waals surface area contributed by atoms with Gasteiger partial charge in [0.1, 0.15) is 0 Å². The second kappa shape index (κ2) is 8.00. The summed E-state index contributed by atoms with van der Waals surface area (Å²) in [7, 11) is 0. The van der Waals surface area contributed by atoms with Crippen LogP contribution in [0.4, 0.5) is 5.69 Å². The highest BCUT2D eigenvalue weighted by molar-refractivity contribution is 5.91. The number of nitrogens with one attached hydrogen (secondary N) is 1. The normalized spacial score (nSPS) is 19.9. The van der Waals surface area contributed by atoms with Gasteiger partial charge in [0.25, 0.3) is 0 Å². The molecule has 3 rings (SSSR count). The zero-order valence-corrected chi connectivity index (χ0v) is 14.9. The van der Waals surface area contributed by atoms with E-state index in [9.17, 15) is 9.59 Å². The quantitative estimate of drug-likeness (QED) is 0.833. The summed E-state index contributed by atoms with van der Waals surface area (Å²) in [4.78, 5) is 26.0. The molecule has 1 aliphatic carbocycles. The Bertz CT molecular complexity index is 606. The number of nitrogens with zero attached hydrogens (tertiary/aromatic N) is 1. The molecule has 0 unspecified atom stereocenters. The molecule has 0 bridgehead atoms. The number of carbonyl (C=O) groups is 2. The van der Waals surface area contributed by atoms with Crippen molar-refractivity contribution in [1.82, 2.24) is 4.90 Å². The molecule has 1 saturated heterocycles. The van der Waals surface area contributed by atoms with Gasteiger partial charge in [0.2, 0.25) is 11.8 Å². The van der Waals surface area contributed by atoms with Crippen LogP contribution in [0.25, 0.3) is 0 Å². The second-order valence-electron chi connectivity index (χ2n) is 7.61. The highest BCUT2D eigenvalue weighted by Gasteiger charge is 2.32. The van der Waals surface area contributed by atoms with Gasteiger partial charge < -0.3 is 16.0 Å². The summed E-state index contributed by atoms with van der Waals surface area (Å²) in [6.07, 6.45) is 7.84. The van der Waals surface area contributed by atoms with Crippen LogP contribution in [-0.2, 0) is 16.1 Å². The first-order valence-corrected chi connectivity index (χ1v) is 9.47. The maximum Gasteiger partial charge on any atom is 0.224 e. The van der Waals surface area contributed by atoms with Crippen molar-refractivity contribution in [2.75, 3.05) is 18.4 Å². The molecule has 0 atom stereocenters. The van der Waals surface area contributed by atoms with Crippen LogP contribution in [0.1, 0.15) is 56.9 Å². The van der Waals surface area contributed by atoms with E-state index < -0.39 is 0 Å². The van der Waals surface area contributed by atoms with Gasteiger partial charge in [0, 0.05) is 31.6 Å². The highest BCUT2D eigenvalue weighted by atomic mass is 16.2. The van der Waals surface area contributed by atoms with Crippen LogP contribution >= 0.6 is 0 Å². The molecule has 1 aromatic carbocycles. The van der Waals surface area contributed by atoms with Crippen molar-refractivity contribution < 1.29 is 9.59 Å². The fourth-order valence-corrected chi connectivity index (χ4v) is 4.09. The Kier molecular flexibility index (Phi) is 5.74. The summed E-state index contributed by atoms with van der Waals surface area (Å²) in [5.74, 6) is 0.284. The number of hydrogen-bond donors (Lipinski definition) is 2. The first-order chi connectivity index (χ1) is 12.1. The number of anilines is 1. The lowest BCUT2D eigenvalue weighted by atomic mass is 9.71. The average molecular weight is 343 g/mol. The Hall–Kier alpha value is -1.88. The van der Waals surface area contributed by atoms with Gasteiger partial charge in [-0.15, -0.1) is 0 Å². The Labute approximate surface area is 150 Å². The molecular weight excluding hydrogens is 314 g/mol. The van der Waals surface area contributed by atoms with Crippen LogP contribution in [0.5, 0.6) is 0 Å². The number of rotatable bonds is 6. The van der Waals surface area contributed by atoms with Gasteiger partial charge in [0.05, 0.1) is 0 Å². The molecule has 1 heterocycles. The number of likely N-dealkylation sites (tertiary alicyclic amines) is 1. The summed E-state index contributed by atoms with van der Waals surface area (Å²) >= 11 is 0. The number of carbonyl (C=O) groups excluding carboxylic acids is 2. The smallest absolute Gasteiger partial charge is 0.224 e. The minimum atomic E-state index is -0.0155. The standard InChI is InChI=1S/C20H29N3O2/c21-15-20(10-2-1-3-11-20)13-18(24)22-17-8-6-16(7-9-17)14-23-12-4-5-19(23)25/h6-9H,1-5,10-15,21H2,(H,22,24). The Morgan fingerprint density at radius 2 is 1.84 bits per heavy atom. The third-order valence-corrected chi connectivity index (χ3v) is 5.67. The molecule has 1 aromatic rings. The minimum Gasteiger partial charge on any atom is -0.338 e. The fourth-order valence-electron chi connectivity index (χ4n) is 4.09. The Morgan fingerprint density at radius 1 is 1.12 bits per heavy atom. The predicted molar refractivity (Wildman–Crippen MR) is 98.9 cm³/mol. The van der Waals surface area contributed by atoms with Crippen LogP contribution in [-0.4, -0.2) is 29.8 Å². The molecule has 0 spiro atoms. The van der Waals surface area contributed by atoms with Crippen molar-refractivity contribution in [3.63, 3.8) is 0 Å². The van der Waals surface area contributed by atoms with Gasteiger partial charge in [-0.3, -0.25) is 9.59 Å². The molecule has 2 fully saturated rings. The van der Waals surface area contributed by atoms with E-state index in [1.807, 2.05) is 29.2 Å². The third-order valence-electron chi connectivity index (χ3n) is 5.67. The van der Waals surface area contributed by atoms with Crippen LogP contribution < -0.4 is 11.1 Å². The average Bonchev–Trinajstić information content (AvgIpc) is 3.02. The topological polar surface area (TPSA) is 75.4 Å². The number of hydrogen-bond acceptors (Lipinski definition) is 3. The summed E-state index contributed by atoms with van der Waals surface area (Å²) in [6.45, 7) is 2.09. The Balaban J connectivity index is 1.53. The van der Waals surface area contributed by atoms with E-state index in [-0.39, 0.29) is 17.2 Å². The van der Waals surface area contributed by atoms with Gasteiger partial charge >= 0.3 is 0 Å². The van der Waals surface area contributed by atoms with Crippen molar-refractivity contribution in [1.29, 1.82) is 0 Å². The monoisotopic (exact) mass is 343 g/mol. The molecule has 2 amide bonds. The lowest BCUT2D eigenvalue weighted by Crippen LogP contribution is -2.36. The van der Waals surface area contributed by atoms with Crippen molar-refractivity contribution in [2.24, 2.45) is 11.1 Å². The molecule has 25 heavy (non-hydrogen) atoms. The molecule has 0 radical (unpaired) electrons. The van der Waals surface area contributed by atoms with Crippen LogP contribution in [0.3, 0.4) is 0 Å². The molecule has 5 nitrogen and oxygen atoms in total. The van der Waals surface area contributed by atoms with Crippen molar-refractivity contribution in [3.8, 4) is 0 Å². The maximum absolute atomic E-state index is 12.4. The fraction of sp³-hybridized carbons (Fsp3) is 0.600. The van der Waals surface area contributed by atoms with E-state index in [0.29, 0.717) is 25.9 Å². The largest absolute Gasteiger partial charge is 0.338 e. The summed E-state index contributed by atoms with van der Waals surface area (Å²) < 4.78 is 0. The number of amides is 2. The van der Waals surface area contributed by atoms with Crippen LogP contribution in [0.2, 0.25) is 0 Å². The predicted octanol–water partition coefficient (Wildman–Crippen LogP) is 3.05. The molecule has 5 heteroatoms. The van der Waals surface area contributed by atoms with Crippen molar-refractivity contribution in [3.05, 3.63) is 29.8 Å². The zero-order valence-electron chi connectivity index (χ0n) is 14.9. The molecule has 1 saturated carbocycles. The van der Waals surface area contributed by atoms with Crippen LogP contribution in [0.15, 0.2) is 24.3 Å². The molecule has 0 aromatic heterocycles. The lowest BCUT2D eigenvalue weighted by Gasteiger charge is -2.35. The lowest BCUT2D eigenvalue weighted by molar-refractivity contribution is -0.128. The van der Waals surface area contributed by atoms with E-state index >= 15 is 0 Å². The van der Waals surface area contributed by atoms with E-state index in [0.717, 1.165) is 37.1 Å². The zero-order chi connectivity index (χ0) is 17.7. The van der Waals surface area contributed by atoms with E-state index in [2.05, 4.69) is 5.32 Å².